The highest BCUT2D eigenvalue weighted by atomic mass is 19.2. The molecule has 0 radical (unpaired) electrons. The first kappa shape index (κ1) is 28.1. The Labute approximate surface area is 225 Å². The number of rotatable bonds is 8. The second-order valence-electron chi connectivity index (χ2n) is 12.3. The summed E-state index contributed by atoms with van der Waals surface area (Å²) in [6, 6.07) is 7.69. The number of benzene rings is 2. The molecule has 0 heterocycles. The van der Waals surface area contributed by atoms with Gasteiger partial charge in [-0.05, 0) is 110 Å². The molecule has 0 aromatic heterocycles. The van der Waals surface area contributed by atoms with Crippen molar-refractivity contribution < 1.29 is 8.78 Å². The van der Waals surface area contributed by atoms with Crippen molar-refractivity contribution in [2.45, 2.75) is 111 Å². The first-order valence-corrected chi connectivity index (χ1v) is 15.1. The highest BCUT2D eigenvalue weighted by Crippen LogP contribution is 2.45. The van der Waals surface area contributed by atoms with Gasteiger partial charge in [-0.1, -0.05) is 89.3 Å². The van der Waals surface area contributed by atoms with Gasteiger partial charge in [-0.25, -0.2) is 8.78 Å². The molecule has 2 heteroatoms. The lowest BCUT2D eigenvalue weighted by atomic mass is 9.68. The summed E-state index contributed by atoms with van der Waals surface area (Å²) < 4.78 is 30.9. The van der Waals surface area contributed by atoms with E-state index in [1.54, 1.807) is 0 Å². The standard InChI is InChI=1S/C35H48F2/c1-6-8-26-10-12-27(13-11-26)28-14-16-29(17-15-28)32-19-20-33(35(37)34(32)36)30-21-24(4)31(25(5)22-30)18-9-23(3)7-2/h9,18-23,26-29H,6-8,10-17H2,1-5H3/b18-9+. The zero-order valence-corrected chi connectivity index (χ0v) is 23.9. The summed E-state index contributed by atoms with van der Waals surface area (Å²) in [7, 11) is 0. The number of hydrogen-bond acceptors (Lipinski definition) is 0. The largest absolute Gasteiger partial charge is 0.203 e. The normalized spacial score (nSPS) is 25.5. The number of aryl methyl sites for hydroxylation is 2. The van der Waals surface area contributed by atoms with Crippen LogP contribution in [0.5, 0.6) is 0 Å². The van der Waals surface area contributed by atoms with Crippen molar-refractivity contribution in [3.8, 4) is 11.1 Å². The molecular formula is C35H48F2. The molecule has 1 atom stereocenters. The van der Waals surface area contributed by atoms with Crippen LogP contribution in [0, 0.1) is 49.2 Å². The summed E-state index contributed by atoms with van der Waals surface area (Å²) in [5.41, 5.74) is 5.11. The van der Waals surface area contributed by atoms with Crippen molar-refractivity contribution in [2.75, 3.05) is 0 Å². The molecule has 1 unspecified atom stereocenters. The Morgan fingerprint density at radius 2 is 1.43 bits per heavy atom. The van der Waals surface area contributed by atoms with E-state index in [2.05, 4.69) is 46.8 Å². The molecule has 0 nitrogen and oxygen atoms in total. The Morgan fingerprint density at radius 1 is 0.838 bits per heavy atom. The Hall–Kier alpha value is -1.96. The summed E-state index contributed by atoms with van der Waals surface area (Å²) in [6.45, 7) is 10.8. The average Bonchev–Trinajstić information content (AvgIpc) is 2.90. The molecule has 0 aliphatic heterocycles. The van der Waals surface area contributed by atoms with Crippen LogP contribution in [0.2, 0.25) is 0 Å². The topological polar surface area (TPSA) is 0 Å². The van der Waals surface area contributed by atoms with Crippen molar-refractivity contribution in [1.29, 1.82) is 0 Å². The van der Waals surface area contributed by atoms with Gasteiger partial charge in [0.1, 0.15) is 0 Å². The molecular weight excluding hydrogens is 458 g/mol. The van der Waals surface area contributed by atoms with E-state index in [0.717, 1.165) is 53.7 Å². The smallest absolute Gasteiger partial charge is 0.166 e. The Morgan fingerprint density at radius 3 is 2.00 bits per heavy atom. The first-order valence-electron chi connectivity index (χ1n) is 15.1. The second-order valence-corrected chi connectivity index (χ2v) is 12.3. The average molecular weight is 507 g/mol. The highest BCUT2D eigenvalue weighted by molar-refractivity contribution is 5.71. The van der Waals surface area contributed by atoms with Crippen molar-refractivity contribution in [3.63, 3.8) is 0 Å². The van der Waals surface area contributed by atoms with Crippen LogP contribution in [-0.2, 0) is 0 Å². The minimum absolute atomic E-state index is 0.146. The first-order chi connectivity index (χ1) is 17.8. The maximum atomic E-state index is 15.4. The Balaban J connectivity index is 1.44. The molecule has 37 heavy (non-hydrogen) atoms. The summed E-state index contributed by atoms with van der Waals surface area (Å²) in [5.74, 6) is 1.93. The molecule has 0 N–H and O–H groups in total. The lowest BCUT2D eigenvalue weighted by Crippen LogP contribution is -2.25. The molecule has 2 aromatic rings. The van der Waals surface area contributed by atoms with Crippen LogP contribution >= 0.6 is 0 Å². The predicted octanol–water partition coefficient (Wildman–Crippen LogP) is 11.2. The summed E-state index contributed by atoms with van der Waals surface area (Å²) >= 11 is 0. The summed E-state index contributed by atoms with van der Waals surface area (Å²) in [6.07, 6.45) is 18.1. The van der Waals surface area contributed by atoms with Crippen molar-refractivity contribution >= 4 is 6.08 Å². The lowest BCUT2D eigenvalue weighted by molar-refractivity contribution is 0.156. The third-order valence-electron chi connectivity index (χ3n) is 9.72. The molecule has 2 fully saturated rings. The van der Waals surface area contributed by atoms with Gasteiger partial charge in [0.15, 0.2) is 11.6 Å². The molecule has 0 bridgehead atoms. The summed E-state index contributed by atoms with van der Waals surface area (Å²) in [4.78, 5) is 0. The molecule has 2 aliphatic rings. The van der Waals surface area contributed by atoms with Crippen LogP contribution in [0.1, 0.15) is 120 Å². The Bertz CT molecular complexity index is 1040. The molecule has 0 amide bonds. The van der Waals surface area contributed by atoms with Gasteiger partial charge in [-0.15, -0.1) is 0 Å². The molecule has 4 rings (SSSR count). The zero-order chi connectivity index (χ0) is 26.5. The van der Waals surface area contributed by atoms with E-state index in [4.69, 9.17) is 0 Å². The van der Waals surface area contributed by atoms with E-state index in [1.807, 2.05) is 24.3 Å². The van der Waals surface area contributed by atoms with E-state index in [1.165, 1.54) is 56.9 Å². The minimum atomic E-state index is -0.685. The van der Waals surface area contributed by atoms with Gasteiger partial charge in [0.2, 0.25) is 0 Å². The van der Waals surface area contributed by atoms with Gasteiger partial charge in [0.25, 0.3) is 0 Å². The maximum absolute atomic E-state index is 15.4. The fourth-order valence-electron chi connectivity index (χ4n) is 7.15. The Kier molecular flexibility index (Phi) is 9.65. The third-order valence-corrected chi connectivity index (χ3v) is 9.72. The van der Waals surface area contributed by atoms with Crippen molar-refractivity contribution in [3.05, 3.63) is 64.2 Å². The molecule has 0 spiro atoms. The fourth-order valence-corrected chi connectivity index (χ4v) is 7.15. The van der Waals surface area contributed by atoms with Crippen LogP contribution in [0.25, 0.3) is 17.2 Å². The highest BCUT2D eigenvalue weighted by Gasteiger charge is 2.32. The van der Waals surface area contributed by atoms with E-state index >= 15 is 8.78 Å². The van der Waals surface area contributed by atoms with Crippen LogP contribution < -0.4 is 0 Å². The van der Waals surface area contributed by atoms with E-state index < -0.39 is 11.6 Å². The van der Waals surface area contributed by atoms with Gasteiger partial charge in [-0.2, -0.15) is 0 Å². The second kappa shape index (κ2) is 12.7. The predicted molar refractivity (Wildman–Crippen MR) is 155 cm³/mol. The monoisotopic (exact) mass is 506 g/mol. The number of allylic oxidation sites excluding steroid dienone is 1. The molecule has 2 saturated carbocycles. The lowest BCUT2D eigenvalue weighted by Gasteiger charge is -2.38. The van der Waals surface area contributed by atoms with Gasteiger partial charge < -0.3 is 0 Å². The van der Waals surface area contributed by atoms with E-state index in [9.17, 15) is 0 Å². The quantitative estimate of drug-likeness (QED) is 0.334. The fraction of sp³-hybridized carbons (Fsp3) is 0.600. The van der Waals surface area contributed by atoms with E-state index in [-0.39, 0.29) is 5.92 Å². The van der Waals surface area contributed by atoms with Crippen molar-refractivity contribution in [2.24, 2.45) is 23.7 Å². The zero-order valence-electron chi connectivity index (χ0n) is 23.9. The molecule has 202 valence electrons. The molecule has 2 aliphatic carbocycles. The van der Waals surface area contributed by atoms with Gasteiger partial charge in [0.05, 0.1) is 0 Å². The summed E-state index contributed by atoms with van der Waals surface area (Å²) in [5, 5.41) is 0. The van der Waals surface area contributed by atoms with Crippen LogP contribution in [-0.4, -0.2) is 0 Å². The minimum Gasteiger partial charge on any atom is -0.203 e. The van der Waals surface area contributed by atoms with Crippen molar-refractivity contribution in [1.82, 2.24) is 0 Å². The number of halogens is 2. The third kappa shape index (κ3) is 6.55. The van der Waals surface area contributed by atoms with E-state index in [0.29, 0.717) is 17.0 Å². The molecule has 2 aromatic carbocycles. The number of hydrogen-bond donors (Lipinski definition) is 0. The van der Waals surface area contributed by atoms with Gasteiger partial charge in [-0.3, -0.25) is 0 Å². The SMILES string of the molecule is CCCC1CCC(C2CCC(c3ccc(-c4cc(C)c(/C=C/C(C)CC)c(C)c4)c(F)c3F)CC2)CC1. The van der Waals surface area contributed by atoms with Gasteiger partial charge >= 0.3 is 0 Å². The maximum Gasteiger partial charge on any atom is 0.166 e. The van der Waals surface area contributed by atoms with Crippen LogP contribution in [0.15, 0.2) is 30.3 Å². The van der Waals surface area contributed by atoms with Crippen LogP contribution in [0.4, 0.5) is 8.78 Å². The molecule has 0 saturated heterocycles. The van der Waals surface area contributed by atoms with Crippen LogP contribution in [0.3, 0.4) is 0 Å². The van der Waals surface area contributed by atoms with Gasteiger partial charge in [0, 0.05) is 5.56 Å².